The number of hydrogen-bond acceptors (Lipinski definition) is 5. The van der Waals surface area contributed by atoms with Crippen LogP contribution in [0.15, 0.2) is 71.7 Å². The molecular formula is C28H27N3O5. The molecule has 8 heteroatoms. The van der Waals surface area contributed by atoms with Crippen LogP contribution in [0, 0.1) is 13.8 Å². The first-order valence-electron chi connectivity index (χ1n) is 11.5. The number of nitrogens with one attached hydrogen (secondary N) is 1. The number of aliphatic imine (C=N–C) groups is 1. The second-order valence-corrected chi connectivity index (χ2v) is 8.55. The molecule has 0 bridgehead atoms. The molecular weight excluding hydrogens is 458 g/mol. The third-order valence-electron chi connectivity index (χ3n) is 5.74. The molecule has 0 unspecified atom stereocenters. The number of para-hydroxylation sites is 1. The van der Waals surface area contributed by atoms with Crippen molar-refractivity contribution in [2.75, 3.05) is 19.0 Å². The van der Waals surface area contributed by atoms with Crippen LogP contribution in [0.3, 0.4) is 0 Å². The molecule has 8 nitrogen and oxygen atoms in total. The molecule has 0 saturated heterocycles. The van der Waals surface area contributed by atoms with Gasteiger partial charge in [-0.3, -0.25) is 14.5 Å². The zero-order valence-electron chi connectivity index (χ0n) is 20.4. The number of amides is 4. The van der Waals surface area contributed by atoms with E-state index in [2.05, 4.69) is 10.3 Å². The van der Waals surface area contributed by atoms with Crippen LogP contribution < -0.4 is 14.8 Å². The molecule has 3 aromatic carbocycles. The second-order valence-electron chi connectivity index (χ2n) is 8.55. The van der Waals surface area contributed by atoms with E-state index in [9.17, 15) is 14.4 Å². The molecule has 36 heavy (non-hydrogen) atoms. The molecule has 0 aromatic heterocycles. The number of benzene rings is 3. The summed E-state index contributed by atoms with van der Waals surface area (Å²) in [5.41, 5.74) is 4.36. The van der Waals surface area contributed by atoms with Crippen LogP contribution in [0.5, 0.6) is 11.5 Å². The highest BCUT2D eigenvalue weighted by atomic mass is 16.5. The molecule has 184 valence electrons. The molecule has 3 aromatic rings. The lowest BCUT2D eigenvalue weighted by Crippen LogP contribution is -2.32. The van der Waals surface area contributed by atoms with Gasteiger partial charge in [0.15, 0.2) is 18.1 Å². The van der Waals surface area contributed by atoms with Crippen LogP contribution in [-0.4, -0.2) is 42.2 Å². The van der Waals surface area contributed by atoms with E-state index in [4.69, 9.17) is 9.47 Å². The first-order chi connectivity index (χ1) is 17.3. The van der Waals surface area contributed by atoms with Gasteiger partial charge in [0, 0.05) is 17.7 Å². The van der Waals surface area contributed by atoms with Gasteiger partial charge in [0.2, 0.25) is 0 Å². The van der Waals surface area contributed by atoms with Crippen LogP contribution in [-0.2, 0) is 22.6 Å². The fraction of sp³-hybridized carbons (Fsp3) is 0.214. The monoisotopic (exact) mass is 485 g/mol. The Kier molecular flexibility index (Phi) is 7.44. The van der Waals surface area contributed by atoms with Crippen LogP contribution in [0.25, 0.3) is 0 Å². The first kappa shape index (κ1) is 24.7. The minimum atomic E-state index is -0.599. The Balaban J connectivity index is 1.45. The van der Waals surface area contributed by atoms with Crippen molar-refractivity contribution in [3.63, 3.8) is 0 Å². The zero-order valence-corrected chi connectivity index (χ0v) is 20.4. The summed E-state index contributed by atoms with van der Waals surface area (Å²) in [5.74, 6) is -0.0700. The van der Waals surface area contributed by atoms with E-state index >= 15 is 0 Å². The average molecular weight is 486 g/mol. The molecule has 0 atom stereocenters. The minimum absolute atomic E-state index is 0.0566. The molecule has 1 N–H and O–H groups in total. The number of anilines is 1. The molecule has 4 rings (SSSR count). The molecule has 4 amide bonds. The SMILES string of the molecule is COc1cccc(CC2=NC(=O)N(Cc3ccc(C)cc3)C2=O)c1OCC(=O)Nc1ccc(C)cc1. The summed E-state index contributed by atoms with van der Waals surface area (Å²) in [4.78, 5) is 43.0. The van der Waals surface area contributed by atoms with Crippen LogP contribution in [0.2, 0.25) is 0 Å². The highest BCUT2D eigenvalue weighted by molar-refractivity contribution is 6.46. The molecule has 1 aliphatic rings. The molecule has 0 spiro atoms. The Morgan fingerprint density at radius 2 is 1.61 bits per heavy atom. The molecule has 0 saturated carbocycles. The number of carbonyl (C=O) groups excluding carboxylic acids is 3. The number of ether oxygens (including phenoxy) is 2. The summed E-state index contributed by atoms with van der Waals surface area (Å²) in [6, 6.07) is 19.6. The Morgan fingerprint density at radius 3 is 2.28 bits per heavy atom. The maximum absolute atomic E-state index is 13.0. The summed E-state index contributed by atoms with van der Waals surface area (Å²) < 4.78 is 11.2. The lowest BCUT2D eigenvalue weighted by molar-refractivity contribution is -0.121. The quantitative estimate of drug-likeness (QED) is 0.482. The topological polar surface area (TPSA) is 97.3 Å². The lowest BCUT2D eigenvalue weighted by atomic mass is 10.1. The van der Waals surface area contributed by atoms with Crippen molar-refractivity contribution in [2.45, 2.75) is 26.8 Å². The highest BCUT2D eigenvalue weighted by Gasteiger charge is 2.33. The van der Waals surface area contributed by atoms with Crippen molar-refractivity contribution in [3.8, 4) is 11.5 Å². The Bertz CT molecular complexity index is 1310. The third kappa shape index (κ3) is 5.78. The van der Waals surface area contributed by atoms with E-state index in [1.165, 1.54) is 7.11 Å². The summed E-state index contributed by atoms with van der Waals surface area (Å²) in [7, 11) is 1.49. The van der Waals surface area contributed by atoms with Crippen LogP contribution in [0.1, 0.15) is 22.3 Å². The predicted molar refractivity (Wildman–Crippen MR) is 137 cm³/mol. The van der Waals surface area contributed by atoms with Gasteiger partial charge in [-0.2, -0.15) is 4.99 Å². The molecule has 0 aliphatic carbocycles. The fourth-order valence-corrected chi connectivity index (χ4v) is 3.77. The number of nitrogens with zero attached hydrogens (tertiary/aromatic N) is 2. The van der Waals surface area contributed by atoms with Crippen molar-refractivity contribution in [1.82, 2.24) is 4.90 Å². The average Bonchev–Trinajstić information content (AvgIpc) is 3.13. The lowest BCUT2D eigenvalue weighted by Gasteiger charge is -2.16. The van der Waals surface area contributed by atoms with Crippen molar-refractivity contribution in [2.24, 2.45) is 4.99 Å². The van der Waals surface area contributed by atoms with E-state index in [0.717, 1.165) is 21.6 Å². The maximum Gasteiger partial charge on any atom is 0.351 e. The third-order valence-corrected chi connectivity index (χ3v) is 5.74. The van der Waals surface area contributed by atoms with Crippen LogP contribution >= 0.6 is 0 Å². The fourth-order valence-electron chi connectivity index (χ4n) is 3.77. The van der Waals surface area contributed by atoms with Crippen LogP contribution in [0.4, 0.5) is 10.5 Å². The van der Waals surface area contributed by atoms with E-state index in [-0.39, 0.29) is 31.2 Å². The Labute approximate surface area is 209 Å². The predicted octanol–water partition coefficient (Wildman–Crippen LogP) is 4.48. The van der Waals surface area contributed by atoms with Gasteiger partial charge in [0.1, 0.15) is 5.71 Å². The van der Waals surface area contributed by atoms with Gasteiger partial charge in [-0.25, -0.2) is 4.79 Å². The molecule has 0 fully saturated rings. The van der Waals surface area contributed by atoms with Gasteiger partial charge in [-0.15, -0.1) is 0 Å². The van der Waals surface area contributed by atoms with Crippen molar-refractivity contribution in [3.05, 3.63) is 89.0 Å². The summed E-state index contributed by atoms with van der Waals surface area (Å²) in [6.45, 7) is 3.81. The largest absolute Gasteiger partial charge is 0.493 e. The van der Waals surface area contributed by atoms with Crippen molar-refractivity contribution < 1.29 is 23.9 Å². The first-order valence-corrected chi connectivity index (χ1v) is 11.5. The van der Waals surface area contributed by atoms with Gasteiger partial charge in [0.25, 0.3) is 11.8 Å². The Hall–Kier alpha value is -4.46. The smallest absolute Gasteiger partial charge is 0.351 e. The number of hydrogen-bond donors (Lipinski definition) is 1. The number of imide groups is 1. The van der Waals surface area contributed by atoms with Gasteiger partial charge < -0.3 is 14.8 Å². The van der Waals surface area contributed by atoms with Crippen molar-refractivity contribution >= 4 is 29.2 Å². The molecule has 0 radical (unpaired) electrons. The van der Waals surface area contributed by atoms with E-state index in [0.29, 0.717) is 22.7 Å². The maximum atomic E-state index is 13.0. The van der Waals surface area contributed by atoms with Gasteiger partial charge >= 0.3 is 6.03 Å². The number of aryl methyl sites for hydroxylation is 2. The summed E-state index contributed by atoms with van der Waals surface area (Å²) >= 11 is 0. The summed E-state index contributed by atoms with van der Waals surface area (Å²) in [6.07, 6.45) is 0.0566. The van der Waals surface area contributed by atoms with Gasteiger partial charge in [-0.05, 0) is 37.6 Å². The second kappa shape index (κ2) is 10.9. The summed E-state index contributed by atoms with van der Waals surface area (Å²) in [5, 5.41) is 2.78. The van der Waals surface area contributed by atoms with E-state index < -0.39 is 11.9 Å². The van der Waals surface area contributed by atoms with E-state index in [1.807, 2.05) is 62.4 Å². The normalized spacial score (nSPS) is 13.0. The minimum Gasteiger partial charge on any atom is -0.493 e. The highest BCUT2D eigenvalue weighted by Crippen LogP contribution is 2.32. The van der Waals surface area contributed by atoms with Gasteiger partial charge in [0.05, 0.1) is 13.7 Å². The standard InChI is InChI=1S/C28H27N3O5/c1-18-7-11-20(12-8-18)16-31-27(33)23(30-28(31)34)15-21-5-4-6-24(35-3)26(21)36-17-25(32)29-22-13-9-19(2)10-14-22/h4-14H,15-17H2,1-3H3,(H,29,32). The van der Waals surface area contributed by atoms with Gasteiger partial charge in [-0.1, -0.05) is 59.7 Å². The number of carbonyl (C=O) groups is 3. The number of methoxy groups -OCH3 is 1. The molecule has 1 heterocycles. The zero-order chi connectivity index (χ0) is 25.7. The number of urea groups is 1. The van der Waals surface area contributed by atoms with E-state index in [1.54, 1.807) is 18.2 Å². The van der Waals surface area contributed by atoms with Crippen molar-refractivity contribution in [1.29, 1.82) is 0 Å². The number of rotatable bonds is 9. The Morgan fingerprint density at radius 1 is 0.944 bits per heavy atom. The molecule has 1 aliphatic heterocycles.